The molecule has 0 radical (unpaired) electrons. The normalized spacial score (nSPS) is 48.9. The average Bonchev–Trinajstić information content (AvgIpc) is 2.94. The van der Waals surface area contributed by atoms with Gasteiger partial charge < -0.3 is 95.2 Å². The molecule has 18 atom stereocenters. The van der Waals surface area contributed by atoms with E-state index >= 15 is 0 Å². The SMILES string of the molecule is OC[C@H](O)[C@H]1O[C@H](O[C@@H]2[C@@H](O[C@H]3[C@H](O)[C@@H]([C@@H](O)CO)O[C@H](O)[C@H]3O)O[C@H]([C@@H](O)CO)[C@@H](O)[C@@H]2O)[C@@H](O)[C@@H](O)[C@@H]1O. The van der Waals surface area contributed by atoms with Crippen LogP contribution in [0.4, 0.5) is 0 Å². The lowest BCUT2D eigenvalue weighted by atomic mass is 9.93. The quantitative estimate of drug-likeness (QED) is 0.112. The van der Waals surface area contributed by atoms with Crippen molar-refractivity contribution in [2.45, 2.75) is 110 Å². The zero-order chi connectivity index (χ0) is 30.0. The molecule has 19 heteroatoms. The third-order valence-corrected chi connectivity index (χ3v) is 7.07. The summed E-state index contributed by atoms with van der Waals surface area (Å²) in [5.41, 5.74) is 0. The summed E-state index contributed by atoms with van der Waals surface area (Å²) in [7, 11) is 0. The van der Waals surface area contributed by atoms with Gasteiger partial charge in [0.25, 0.3) is 0 Å². The van der Waals surface area contributed by atoms with Crippen LogP contribution < -0.4 is 0 Å². The van der Waals surface area contributed by atoms with Crippen molar-refractivity contribution in [3.05, 3.63) is 0 Å². The highest BCUT2D eigenvalue weighted by atomic mass is 16.8. The molecule has 3 aliphatic rings. The second-order valence-electron chi connectivity index (χ2n) is 9.81. The molecule has 0 aromatic rings. The first-order valence-electron chi connectivity index (χ1n) is 12.4. The van der Waals surface area contributed by atoms with Crippen LogP contribution in [0, 0.1) is 0 Å². The Morgan fingerprint density at radius 1 is 0.450 bits per heavy atom. The topological polar surface area (TPSA) is 329 Å². The second kappa shape index (κ2) is 14.1. The first kappa shape index (κ1) is 33.7. The molecule has 0 aliphatic carbocycles. The molecule has 3 saturated heterocycles. The Hall–Kier alpha value is -0.760. The maximum absolute atomic E-state index is 10.8. The van der Waals surface area contributed by atoms with Gasteiger partial charge in [0, 0.05) is 0 Å². The van der Waals surface area contributed by atoms with E-state index in [0.29, 0.717) is 0 Å². The fraction of sp³-hybridized carbons (Fsp3) is 1.00. The summed E-state index contributed by atoms with van der Waals surface area (Å²) in [4.78, 5) is 0. The van der Waals surface area contributed by atoms with Crippen molar-refractivity contribution in [1.29, 1.82) is 0 Å². The molecule has 3 aliphatic heterocycles. The molecule has 0 saturated carbocycles. The largest absolute Gasteiger partial charge is 0.394 e. The van der Waals surface area contributed by atoms with E-state index in [1.165, 1.54) is 0 Å². The predicted octanol–water partition coefficient (Wildman–Crippen LogP) is -9.49. The Morgan fingerprint density at radius 2 is 0.875 bits per heavy atom. The van der Waals surface area contributed by atoms with Crippen molar-refractivity contribution in [3.8, 4) is 0 Å². The molecule has 3 heterocycles. The zero-order valence-corrected chi connectivity index (χ0v) is 20.8. The smallest absolute Gasteiger partial charge is 0.187 e. The van der Waals surface area contributed by atoms with E-state index in [-0.39, 0.29) is 0 Å². The summed E-state index contributed by atoms with van der Waals surface area (Å²) in [5, 5.41) is 141. The minimum absolute atomic E-state index is 0.940. The van der Waals surface area contributed by atoms with Crippen LogP contribution in [0.3, 0.4) is 0 Å². The van der Waals surface area contributed by atoms with Crippen molar-refractivity contribution in [3.63, 3.8) is 0 Å². The monoisotopic (exact) mass is 594 g/mol. The molecule has 0 aromatic heterocycles. The number of aliphatic hydroxyl groups excluding tert-OH is 14. The molecule has 0 aromatic carbocycles. The van der Waals surface area contributed by atoms with Gasteiger partial charge in [0.1, 0.15) is 91.6 Å². The highest BCUT2D eigenvalue weighted by molar-refractivity contribution is 4.98. The summed E-state index contributed by atoms with van der Waals surface area (Å²) in [5.74, 6) is 0. The number of hydrogen-bond donors (Lipinski definition) is 14. The summed E-state index contributed by atoms with van der Waals surface area (Å²) < 4.78 is 26.7. The summed E-state index contributed by atoms with van der Waals surface area (Å²) in [6.07, 6.45) is -34.8. The van der Waals surface area contributed by atoms with Gasteiger partial charge in [0.05, 0.1) is 19.8 Å². The highest BCUT2D eigenvalue weighted by Gasteiger charge is 2.55. The van der Waals surface area contributed by atoms with E-state index in [1.807, 2.05) is 0 Å². The summed E-state index contributed by atoms with van der Waals surface area (Å²) in [6, 6.07) is 0. The molecule has 19 nitrogen and oxygen atoms in total. The van der Waals surface area contributed by atoms with Crippen LogP contribution in [-0.4, -0.2) is 202 Å². The fourth-order valence-electron chi connectivity index (χ4n) is 4.71. The molecule has 0 amide bonds. The van der Waals surface area contributed by atoms with Crippen molar-refractivity contribution in [2.75, 3.05) is 19.8 Å². The lowest BCUT2D eigenvalue weighted by Crippen LogP contribution is -2.68. The van der Waals surface area contributed by atoms with E-state index in [4.69, 9.17) is 23.7 Å². The Morgan fingerprint density at radius 3 is 1.38 bits per heavy atom. The third-order valence-electron chi connectivity index (χ3n) is 7.07. The molecular formula is C21H38O19. The number of hydrogen-bond acceptors (Lipinski definition) is 19. The van der Waals surface area contributed by atoms with Crippen LogP contribution in [0.5, 0.6) is 0 Å². The van der Waals surface area contributed by atoms with Gasteiger partial charge in [-0.05, 0) is 0 Å². The predicted molar refractivity (Wildman–Crippen MR) is 119 cm³/mol. The molecule has 0 spiro atoms. The zero-order valence-electron chi connectivity index (χ0n) is 20.8. The summed E-state index contributed by atoms with van der Waals surface area (Å²) in [6.45, 7) is -2.86. The van der Waals surface area contributed by atoms with Crippen molar-refractivity contribution >= 4 is 0 Å². The molecule has 3 fully saturated rings. The minimum atomic E-state index is -2.11. The van der Waals surface area contributed by atoms with E-state index < -0.39 is 130 Å². The number of aliphatic hydroxyl groups is 14. The maximum atomic E-state index is 10.8. The van der Waals surface area contributed by atoms with Crippen molar-refractivity contribution in [1.82, 2.24) is 0 Å². The van der Waals surface area contributed by atoms with Gasteiger partial charge in [-0.1, -0.05) is 0 Å². The van der Waals surface area contributed by atoms with Gasteiger partial charge in [0.2, 0.25) is 0 Å². The van der Waals surface area contributed by atoms with Gasteiger partial charge in [-0.15, -0.1) is 0 Å². The standard InChI is InChI=1S/C21H38O19/c22-1-4(25)14-8(29)7(28)11(32)20(37-14)40-18-10(31)9(30)15(5(26)2-23)38-21(18)39-17-12(33)16(6(27)3-24)36-19(35)13(17)34/h4-35H,1-3H2/t4-,5-,6-,7-,8-,9-,10-,11-,12+,13-,14+,15+,16+,17-,18-,19-,20+,21+/m0/s1. The van der Waals surface area contributed by atoms with Gasteiger partial charge >= 0.3 is 0 Å². The number of rotatable bonds is 10. The third kappa shape index (κ3) is 6.73. The lowest BCUT2D eigenvalue weighted by molar-refractivity contribution is -0.394. The van der Waals surface area contributed by atoms with Gasteiger partial charge in [-0.3, -0.25) is 0 Å². The Bertz CT molecular complexity index is 778. The van der Waals surface area contributed by atoms with Gasteiger partial charge in [0.15, 0.2) is 18.9 Å². The number of ether oxygens (including phenoxy) is 5. The summed E-state index contributed by atoms with van der Waals surface area (Å²) >= 11 is 0. The molecule has 0 bridgehead atoms. The Balaban J connectivity index is 1.92. The van der Waals surface area contributed by atoms with Gasteiger partial charge in [-0.25, -0.2) is 0 Å². The van der Waals surface area contributed by atoms with Crippen LogP contribution in [0.2, 0.25) is 0 Å². The first-order chi connectivity index (χ1) is 18.8. The molecule has 14 N–H and O–H groups in total. The van der Waals surface area contributed by atoms with Crippen LogP contribution in [-0.2, 0) is 23.7 Å². The fourth-order valence-corrected chi connectivity index (χ4v) is 4.71. The van der Waals surface area contributed by atoms with Crippen LogP contribution in [0.1, 0.15) is 0 Å². The van der Waals surface area contributed by atoms with Crippen LogP contribution in [0.15, 0.2) is 0 Å². The molecule has 40 heavy (non-hydrogen) atoms. The molecular weight excluding hydrogens is 556 g/mol. The van der Waals surface area contributed by atoms with Crippen molar-refractivity contribution in [2.24, 2.45) is 0 Å². The molecule has 3 rings (SSSR count). The highest BCUT2D eigenvalue weighted by Crippen LogP contribution is 2.34. The van der Waals surface area contributed by atoms with Crippen molar-refractivity contribution < 1.29 is 95.2 Å². The first-order valence-corrected chi connectivity index (χ1v) is 12.4. The minimum Gasteiger partial charge on any atom is -0.394 e. The molecule has 236 valence electrons. The van der Waals surface area contributed by atoms with E-state index in [0.717, 1.165) is 0 Å². The Kier molecular flexibility index (Phi) is 11.9. The average molecular weight is 595 g/mol. The van der Waals surface area contributed by atoms with Crippen LogP contribution in [0.25, 0.3) is 0 Å². The lowest BCUT2D eigenvalue weighted by Gasteiger charge is -2.49. The van der Waals surface area contributed by atoms with Gasteiger partial charge in [-0.2, -0.15) is 0 Å². The second-order valence-corrected chi connectivity index (χ2v) is 9.81. The van der Waals surface area contributed by atoms with E-state index in [9.17, 15) is 71.5 Å². The van der Waals surface area contributed by atoms with E-state index in [1.54, 1.807) is 0 Å². The van der Waals surface area contributed by atoms with E-state index in [2.05, 4.69) is 0 Å². The van der Waals surface area contributed by atoms with Crippen LogP contribution >= 0.6 is 0 Å². The maximum Gasteiger partial charge on any atom is 0.187 e. The Labute approximate surface area is 226 Å². The molecule has 0 unspecified atom stereocenters.